The highest BCUT2D eigenvalue weighted by atomic mass is 19.4. The molecule has 0 spiro atoms. The van der Waals surface area contributed by atoms with E-state index in [1.54, 1.807) is 6.07 Å². The maximum absolute atomic E-state index is 13.0. The van der Waals surface area contributed by atoms with Gasteiger partial charge in [-0.25, -0.2) is 4.98 Å². The number of halogens is 3. The Bertz CT molecular complexity index is 1290. The molecule has 0 unspecified atom stereocenters. The fraction of sp³-hybridized carbons (Fsp3) is 0.364. The molecule has 0 aliphatic carbocycles. The van der Waals surface area contributed by atoms with Crippen molar-refractivity contribution in [2.45, 2.75) is 51.9 Å². The molecular formula is C22H21F3N6O. The molecule has 1 atom stereocenters. The Morgan fingerprint density at radius 2 is 2.00 bits per heavy atom. The Labute approximate surface area is 181 Å². The van der Waals surface area contributed by atoms with E-state index in [4.69, 9.17) is 0 Å². The van der Waals surface area contributed by atoms with Crippen LogP contribution in [0.4, 0.5) is 13.2 Å². The predicted octanol–water partition coefficient (Wildman–Crippen LogP) is 4.47. The van der Waals surface area contributed by atoms with Crippen LogP contribution in [0.1, 0.15) is 42.2 Å². The molecule has 32 heavy (non-hydrogen) atoms. The van der Waals surface area contributed by atoms with Gasteiger partial charge in [0.1, 0.15) is 17.4 Å². The summed E-state index contributed by atoms with van der Waals surface area (Å²) in [5, 5.41) is 24.3. The molecule has 1 aliphatic heterocycles. The maximum atomic E-state index is 13.0. The molecule has 0 radical (unpaired) electrons. The Hall–Kier alpha value is -3.43. The molecule has 3 aromatic heterocycles. The van der Waals surface area contributed by atoms with E-state index < -0.39 is 17.5 Å². The lowest BCUT2D eigenvalue weighted by Crippen LogP contribution is -2.25. The Balaban J connectivity index is 1.49. The molecular weight excluding hydrogens is 421 g/mol. The van der Waals surface area contributed by atoms with Crippen molar-refractivity contribution in [3.63, 3.8) is 0 Å². The van der Waals surface area contributed by atoms with E-state index in [-0.39, 0.29) is 11.6 Å². The first-order valence-corrected chi connectivity index (χ1v) is 10.4. The van der Waals surface area contributed by atoms with Gasteiger partial charge in [-0.15, -0.1) is 10.2 Å². The van der Waals surface area contributed by atoms with Crippen LogP contribution >= 0.6 is 0 Å². The SMILES string of the molecule is CCc1nnc2n1C[C@@H](n1cc3ccc(-c4c(C)cc(C(F)(F)F)cc4O)nc3n1)CC2. The lowest BCUT2D eigenvalue weighted by molar-refractivity contribution is -0.137. The normalized spacial score (nSPS) is 16.5. The number of aryl methyl sites for hydroxylation is 3. The standard InChI is InChI=1S/C22H21F3N6O/c1-3-18-27-28-19-7-5-15(11-30(18)19)31-10-13-4-6-16(26-21(13)29-31)20-12(2)8-14(9-17(20)32)22(23,24)25/h4,6,8-10,15,32H,3,5,7,11H2,1-2H3/t15-/m0/s1. The monoisotopic (exact) mass is 442 g/mol. The van der Waals surface area contributed by atoms with E-state index in [1.165, 1.54) is 6.92 Å². The molecule has 4 heterocycles. The number of pyridine rings is 1. The minimum absolute atomic E-state index is 0.127. The van der Waals surface area contributed by atoms with Crippen molar-refractivity contribution in [3.8, 4) is 17.0 Å². The molecule has 1 aromatic carbocycles. The maximum Gasteiger partial charge on any atom is 0.416 e. The second-order valence-corrected chi connectivity index (χ2v) is 8.09. The fourth-order valence-electron chi connectivity index (χ4n) is 4.36. The minimum atomic E-state index is -4.53. The third-order valence-electron chi connectivity index (χ3n) is 5.97. The van der Waals surface area contributed by atoms with Crippen molar-refractivity contribution in [1.29, 1.82) is 0 Å². The fourth-order valence-corrected chi connectivity index (χ4v) is 4.36. The lowest BCUT2D eigenvalue weighted by atomic mass is 10.00. The van der Waals surface area contributed by atoms with Crippen LogP contribution in [0, 0.1) is 6.92 Å². The van der Waals surface area contributed by atoms with E-state index >= 15 is 0 Å². The van der Waals surface area contributed by atoms with Crippen molar-refractivity contribution in [1.82, 2.24) is 29.5 Å². The second-order valence-electron chi connectivity index (χ2n) is 8.09. The topological polar surface area (TPSA) is 81.7 Å². The number of aromatic hydroxyl groups is 1. The van der Waals surface area contributed by atoms with Crippen LogP contribution in [0.5, 0.6) is 5.75 Å². The molecule has 0 saturated carbocycles. The smallest absolute Gasteiger partial charge is 0.416 e. The highest BCUT2D eigenvalue weighted by molar-refractivity contribution is 5.80. The molecule has 7 nitrogen and oxygen atoms in total. The molecule has 10 heteroatoms. The van der Waals surface area contributed by atoms with Crippen molar-refractivity contribution < 1.29 is 18.3 Å². The van der Waals surface area contributed by atoms with Gasteiger partial charge in [-0.2, -0.15) is 18.3 Å². The van der Waals surface area contributed by atoms with E-state index in [2.05, 4.69) is 24.8 Å². The van der Waals surface area contributed by atoms with Crippen molar-refractivity contribution >= 4 is 11.0 Å². The summed E-state index contributed by atoms with van der Waals surface area (Å²) >= 11 is 0. The first-order valence-electron chi connectivity index (χ1n) is 10.4. The number of hydrogen-bond acceptors (Lipinski definition) is 5. The summed E-state index contributed by atoms with van der Waals surface area (Å²) in [7, 11) is 0. The highest BCUT2D eigenvalue weighted by Gasteiger charge is 2.32. The summed E-state index contributed by atoms with van der Waals surface area (Å²) in [4.78, 5) is 4.54. The zero-order chi connectivity index (χ0) is 22.6. The second kappa shape index (κ2) is 7.32. The highest BCUT2D eigenvalue weighted by Crippen LogP contribution is 2.39. The summed E-state index contributed by atoms with van der Waals surface area (Å²) in [6.07, 6.45) is -0.106. The van der Waals surface area contributed by atoms with Crippen molar-refractivity contribution in [3.05, 3.63) is 53.2 Å². The van der Waals surface area contributed by atoms with Crippen molar-refractivity contribution in [2.75, 3.05) is 0 Å². The van der Waals surface area contributed by atoms with Gasteiger partial charge in [-0.3, -0.25) is 4.68 Å². The predicted molar refractivity (Wildman–Crippen MR) is 111 cm³/mol. The number of aromatic nitrogens is 6. The Morgan fingerprint density at radius 1 is 1.19 bits per heavy atom. The number of phenols is 1. The van der Waals surface area contributed by atoms with Gasteiger partial charge in [0, 0.05) is 36.5 Å². The molecule has 1 aliphatic rings. The molecule has 0 bridgehead atoms. The van der Waals surface area contributed by atoms with Crippen molar-refractivity contribution in [2.24, 2.45) is 0 Å². The Kier molecular flexibility index (Phi) is 4.68. The number of benzene rings is 1. The molecule has 0 fully saturated rings. The third-order valence-corrected chi connectivity index (χ3v) is 5.97. The number of phenolic OH excluding ortho intramolecular Hbond substituents is 1. The number of alkyl halides is 3. The third kappa shape index (κ3) is 3.39. The summed E-state index contributed by atoms with van der Waals surface area (Å²) in [5.41, 5.74) is 0.534. The number of rotatable bonds is 3. The van der Waals surface area contributed by atoms with Crippen LogP contribution in [-0.2, 0) is 25.6 Å². The molecule has 166 valence electrons. The zero-order valence-corrected chi connectivity index (χ0v) is 17.6. The van der Waals surface area contributed by atoms with Crippen LogP contribution in [0.2, 0.25) is 0 Å². The van der Waals surface area contributed by atoms with Gasteiger partial charge in [-0.1, -0.05) is 6.92 Å². The number of hydrogen-bond donors (Lipinski definition) is 1. The summed E-state index contributed by atoms with van der Waals surface area (Å²) in [5.74, 6) is 1.49. The quantitative estimate of drug-likeness (QED) is 0.506. The average Bonchev–Trinajstić information content (AvgIpc) is 3.35. The molecule has 0 saturated heterocycles. The molecule has 0 amide bonds. The van der Waals surface area contributed by atoms with Crippen LogP contribution in [0.15, 0.2) is 30.5 Å². The number of fused-ring (bicyclic) bond motifs is 2. The van der Waals surface area contributed by atoms with E-state index in [0.29, 0.717) is 16.9 Å². The number of nitrogens with zero attached hydrogens (tertiary/aromatic N) is 6. The molecule has 5 rings (SSSR count). The van der Waals surface area contributed by atoms with Gasteiger partial charge in [-0.05, 0) is 43.2 Å². The largest absolute Gasteiger partial charge is 0.507 e. The zero-order valence-electron chi connectivity index (χ0n) is 17.6. The van der Waals surface area contributed by atoms with Gasteiger partial charge in [0.15, 0.2) is 5.65 Å². The van der Waals surface area contributed by atoms with Crippen LogP contribution < -0.4 is 0 Å². The first-order chi connectivity index (χ1) is 15.2. The van der Waals surface area contributed by atoms with Crippen LogP contribution in [-0.4, -0.2) is 34.6 Å². The molecule has 1 N–H and O–H groups in total. The van der Waals surface area contributed by atoms with Gasteiger partial charge in [0.2, 0.25) is 0 Å². The summed E-state index contributed by atoms with van der Waals surface area (Å²) < 4.78 is 43.2. The van der Waals surface area contributed by atoms with Crippen LogP contribution in [0.3, 0.4) is 0 Å². The van der Waals surface area contributed by atoms with E-state index in [0.717, 1.165) is 55.0 Å². The van der Waals surface area contributed by atoms with Gasteiger partial charge < -0.3 is 9.67 Å². The van der Waals surface area contributed by atoms with Gasteiger partial charge >= 0.3 is 6.18 Å². The summed E-state index contributed by atoms with van der Waals surface area (Å²) in [6.45, 7) is 4.30. The first kappa shape index (κ1) is 20.5. The van der Waals surface area contributed by atoms with E-state index in [9.17, 15) is 18.3 Å². The Morgan fingerprint density at radius 3 is 2.72 bits per heavy atom. The van der Waals surface area contributed by atoms with Gasteiger partial charge in [0.05, 0.1) is 17.3 Å². The molecule has 4 aromatic rings. The average molecular weight is 442 g/mol. The lowest BCUT2D eigenvalue weighted by Gasteiger charge is -2.24. The minimum Gasteiger partial charge on any atom is -0.507 e. The van der Waals surface area contributed by atoms with Gasteiger partial charge in [0.25, 0.3) is 0 Å². The summed E-state index contributed by atoms with van der Waals surface area (Å²) in [6, 6.07) is 5.39. The van der Waals surface area contributed by atoms with Crippen LogP contribution in [0.25, 0.3) is 22.3 Å². The van der Waals surface area contributed by atoms with E-state index in [1.807, 2.05) is 23.9 Å².